The molecule has 2 aromatic rings. The highest BCUT2D eigenvalue weighted by Crippen LogP contribution is 2.27. The average Bonchev–Trinajstić information content (AvgIpc) is 2.47. The van der Waals surface area contributed by atoms with Crippen molar-refractivity contribution >= 4 is 37.5 Å². The SMILES string of the molecule is CCCOc1ccc(Br)cc1CNc1cc(F)ccc1Br. The van der Waals surface area contributed by atoms with Crippen molar-refractivity contribution in [2.45, 2.75) is 19.9 Å². The van der Waals surface area contributed by atoms with Crippen LogP contribution in [0.2, 0.25) is 0 Å². The maximum atomic E-state index is 13.3. The number of anilines is 1. The molecule has 112 valence electrons. The first kappa shape index (κ1) is 16.3. The molecule has 1 N–H and O–H groups in total. The molecule has 2 nitrogen and oxygen atoms in total. The van der Waals surface area contributed by atoms with Gasteiger partial charge in [0.1, 0.15) is 11.6 Å². The Balaban J connectivity index is 2.14. The lowest BCUT2D eigenvalue weighted by Gasteiger charge is -2.14. The van der Waals surface area contributed by atoms with Gasteiger partial charge in [-0.15, -0.1) is 0 Å². The minimum atomic E-state index is -0.266. The van der Waals surface area contributed by atoms with Crippen LogP contribution in [0.1, 0.15) is 18.9 Å². The van der Waals surface area contributed by atoms with Crippen molar-refractivity contribution in [3.63, 3.8) is 0 Å². The Labute approximate surface area is 141 Å². The first-order chi connectivity index (χ1) is 10.1. The zero-order valence-corrected chi connectivity index (χ0v) is 14.8. The fourth-order valence-electron chi connectivity index (χ4n) is 1.86. The predicted octanol–water partition coefficient (Wildman–Crippen LogP) is 5.75. The van der Waals surface area contributed by atoms with Crippen LogP contribution in [-0.4, -0.2) is 6.61 Å². The van der Waals surface area contributed by atoms with Gasteiger partial charge in [-0.05, 0) is 58.7 Å². The first-order valence-corrected chi connectivity index (χ1v) is 8.29. The molecule has 5 heteroatoms. The van der Waals surface area contributed by atoms with Gasteiger partial charge in [0.05, 0.1) is 12.3 Å². The van der Waals surface area contributed by atoms with Gasteiger partial charge in [0, 0.05) is 21.1 Å². The van der Waals surface area contributed by atoms with Crippen LogP contribution in [0.15, 0.2) is 45.3 Å². The second-order valence-electron chi connectivity index (χ2n) is 4.58. The smallest absolute Gasteiger partial charge is 0.125 e. The molecule has 0 heterocycles. The number of hydrogen-bond donors (Lipinski definition) is 1. The van der Waals surface area contributed by atoms with E-state index in [1.54, 1.807) is 6.07 Å². The van der Waals surface area contributed by atoms with Crippen LogP contribution >= 0.6 is 31.9 Å². The van der Waals surface area contributed by atoms with Crippen molar-refractivity contribution < 1.29 is 9.13 Å². The number of hydrogen-bond acceptors (Lipinski definition) is 2. The van der Waals surface area contributed by atoms with E-state index in [4.69, 9.17) is 4.74 Å². The van der Waals surface area contributed by atoms with Gasteiger partial charge < -0.3 is 10.1 Å². The van der Waals surface area contributed by atoms with E-state index >= 15 is 0 Å². The quantitative estimate of drug-likeness (QED) is 0.647. The van der Waals surface area contributed by atoms with Gasteiger partial charge >= 0.3 is 0 Å². The number of halogens is 3. The highest BCUT2D eigenvalue weighted by atomic mass is 79.9. The summed E-state index contributed by atoms with van der Waals surface area (Å²) < 4.78 is 20.8. The van der Waals surface area contributed by atoms with Crippen molar-refractivity contribution in [2.24, 2.45) is 0 Å². The van der Waals surface area contributed by atoms with E-state index in [0.29, 0.717) is 13.2 Å². The molecule has 21 heavy (non-hydrogen) atoms. The van der Waals surface area contributed by atoms with E-state index in [2.05, 4.69) is 44.1 Å². The number of nitrogens with one attached hydrogen (secondary N) is 1. The van der Waals surface area contributed by atoms with Crippen LogP contribution in [0, 0.1) is 5.82 Å². The van der Waals surface area contributed by atoms with Crippen LogP contribution in [-0.2, 0) is 6.54 Å². The molecule has 2 aromatic carbocycles. The van der Waals surface area contributed by atoms with Crippen LogP contribution in [0.3, 0.4) is 0 Å². The molecule has 0 saturated heterocycles. The molecule has 0 atom stereocenters. The zero-order chi connectivity index (χ0) is 15.2. The minimum absolute atomic E-state index is 0.266. The highest BCUT2D eigenvalue weighted by molar-refractivity contribution is 9.10. The Morgan fingerprint density at radius 3 is 2.71 bits per heavy atom. The summed E-state index contributed by atoms with van der Waals surface area (Å²) in [4.78, 5) is 0. The maximum absolute atomic E-state index is 13.3. The molecule has 0 saturated carbocycles. The second-order valence-corrected chi connectivity index (χ2v) is 6.35. The molecular weight excluding hydrogens is 401 g/mol. The molecule has 0 bridgehead atoms. The molecule has 0 spiro atoms. The van der Waals surface area contributed by atoms with E-state index in [1.165, 1.54) is 12.1 Å². The highest BCUT2D eigenvalue weighted by Gasteiger charge is 2.07. The van der Waals surface area contributed by atoms with E-state index in [0.717, 1.165) is 32.4 Å². The van der Waals surface area contributed by atoms with Crippen LogP contribution in [0.25, 0.3) is 0 Å². The number of ether oxygens (including phenoxy) is 1. The van der Waals surface area contributed by atoms with Crippen molar-refractivity contribution in [3.05, 3.63) is 56.7 Å². The van der Waals surface area contributed by atoms with Gasteiger partial charge in [0.15, 0.2) is 0 Å². The second kappa shape index (κ2) is 7.80. The van der Waals surface area contributed by atoms with Crippen LogP contribution in [0.4, 0.5) is 10.1 Å². The Bertz CT molecular complexity index is 619. The van der Waals surface area contributed by atoms with E-state index in [-0.39, 0.29) is 5.82 Å². The summed E-state index contributed by atoms with van der Waals surface area (Å²) >= 11 is 6.87. The largest absolute Gasteiger partial charge is 0.493 e. The fourth-order valence-corrected chi connectivity index (χ4v) is 2.66. The predicted molar refractivity (Wildman–Crippen MR) is 91.4 cm³/mol. The number of rotatable bonds is 6. The molecule has 0 aromatic heterocycles. The lowest BCUT2D eigenvalue weighted by molar-refractivity contribution is 0.314. The van der Waals surface area contributed by atoms with Gasteiger partial charge in [-0.3, -0.25) is 0 Å². The molecule has 2 rings (SSSR count). The lowest BCUT2D eigenvalue weighted by atomic mass is 10.2. The lowest BCUT2D eigenvalue weighted by Crippen LogP contribution is -2.05. The topological polar surface area (TPSA) is 21.3 Å². The maximum Gasteiger partial charge on any atom is 0.125 e. The van der Waals surface area contributed by atoms with Crippen LogP contribution in [0.5, 0.6) is 5.75 Å². The fraction of sp³-hybridized carbons (Fsp3) is 0.250. The Kier molecular flexibility index (Phi) is 6.06. The summed E-state index contributed by atoms with van der Waals surface area (Å²) in [6.45, 7) is 3.31. The number of benzene rings is 2. The van der Waals surface area contributed by atoms with Gasteiger partial charge in [-0.2, -0.15) is 0 Å². The summed E-state index contributed by atoms with van der Waals surface area (Å²) in [6.07, 6.45) is 0.957. The third-order valence-corrected chi connectivity index (χ3v) is 4.07. The molecular formula is C16H16Br2FNO. The van der Waals surface area contributed by atoms with Crippen molar-refractivity contribution in [2.75, 3.05) is 11.9 Å². The van der Waals surface area contributed by atoms with Gasteiger partial charge in [0.25, 0.3) is 0 Å². The Hall–Kier alpha value is -1.07. The molecule has 0 radical (unpaired) electrons. The molecule has 0 unspecified atom stereocenters. The summed E-state index contributed by atoms with van der Waals surface area (Å²) in [7, 11) is 0. The first-order valence-electron chi connectivity index (χ1n) is 6.70. The van der Waals surface area contributed by atoms with Crippen molar-refractivity contribution in [1.82, 2.24) is 0 Å². The van der Waals surface area contributed by atoms with E-state index < -0.39 is 0 Å². The normalized spacial score (nSPS) is 10.5. The molecule has 0 amide bonds. The molecule has 0 aliphatic heterocycles. The Morgan fingerprint density at radius 1 is 1.14 bits per heavy atom. The summed E-state index contributed by atoms with van der Waals surface area (Å²) in [6, 6.07) is 10.5. The minimum Gasteiger partial charge on any atom is -0.493 e. The summed E-state index contributed by atoms with van der Waals surface area (Å²) in [5.74, 6) is 0.581. The van der Waals surface area contributed by atoms with Crippen LogP contribution < -0.4 is 10.1 Å². The Morgan fingerprint density at radius 2 is 1.95 bits per heavy atom. The van der Waals surface area contributed by atoms with Crippen molar-refractivity contribution in [1.29, 1.82) is 0 Å². The van der Waals surface area contributed by atoms with Gasteiger partial charge in [-0.25, -0.2) is 4.39 Å². The monoisotopic (exact) mass is 415 g/mol. The average molecular weight is 417 g/mol. The zero-order valence-electron chi connectivity index (χ0n) is 11.6. The molecule has 0 aliphatic carbocycles. The van der Waals surface area contributed by atoms with Gasteiger partial charge in [-0.1, -0.05) is 22.9 Å². The van der Waals surface area contributed by atoms with E-state index in [9.17, 15) is 4.39 Å². The molecule has 0 fully saturated rings. The van der Waals surface area contributed by atoms with Gasteiger partial charge in [0.2, 0.25) is 0 Å². The summed E-state index contributed by atoms with van der Waals surface area (Å²) in [5.41, 5.74) is 1.74. The van der Waals surface area contributed by atoms with E-state index in [1.807, 2.05) is 18.2 Å². The third kappa shape index (κ3) is 4.71. The standard InChI is InChI=1S/C16H16Br2FNO/c1-2-7-21-16-6-3-12(17)8-11(16)10-20-15-9-13(19)4-5-14(15)18/h3-6,8-9,20H,2,7,10H2,1H3. The van der Waals surface area contributed by atoms with Crippen molar-refractivity contribution in [3.8, 4) is 5.75 Å². The molecule has 0 aliphatic rings. The third-order valence-electron chi connectivity index (χ3n) is 2.88. The summed E-state index contributed by atoms with van der Waals surface area (Å²) in [5, 5.41) is 3.23.